The summed E-state index contributed by atoms with van der Waals surface area (Å²) in [7, 11) is 0. The zero-order chi connectivity index (χ0) is 13.9. The number of guanidine groups is 1. The van der Waals surface area contributed by atoms with Gasteiger partial charge in [0.25, 0.3) is 0 Å². The lowest BCUT2D eigenvalue weighted by Gasteiger charge is -2.41. The minimum atomic E-state index is -0.0346. The lowest BCUT2D eigenvalue weighted by molar-refractivity contribution is 0.253. The van der Waals surface area contributed by atoms with Gasteiger partial charge in [-0.05, 0) is 39.2 Å². The maximum atomic E-state index is 5.96. The van der Waals surface area contributed by atoms with Crippen molar-refractivity contribution in [3.05, 3.63) is 35.9 Å². The first-order chi connectivity index (χ1) is 8.91. The van der Waals surface area contributed by atoms with E-state index in [4.69, 9.17) is 5.73 Å². The van der Waals surface area contributed by atoms with Gasteiger partial charge >= 0.3 is 0 Å². The van der Waals surface area contributed by atoms with Gasteiger partial charge in [0.05, 0.1) is 6.54 Å². The monoisotopic (exact) mass is 259 g/mol. The molecule has 0 amide bonds. The summed E-state index contributed by atoms with van der Waals surface area (Å²) in [6, 6.07) is 10.7. The van der Waals surface area contributed by atoms with Crippen molar-refractivity contribution in [2.24, 2.45) is 10.7 Å². The predicted octanol–water partition coefficient (Wildman–Crippen LogP) is 2.81. The van der Waals surface area contributed by atoms with E-state index in [1.54, 1.807) is 0 Å². The summed E-state index contributed by atoms with van der Waals surface area (Å²) >= 11 is 0. The van der Waals surface area contributed by atoms with Gasteiger partial charge in [-0.1, -0.05) is 36.8 Å². The lowest BCUT2D eigenvalue weighted by Crippen LogP contribution is -2.46. The normalized spacial score (nSPS) is 18.8. The highest BCUT2D eigenvalue weighted by molar-refractivity contribution is 5.78. The van der Waals surface area contributed by atoms with E-state index in [9.17, 15) is 0 Å². The predicted molar refractivity (Wildman–Crippen MR) is 81.3 cm³/mol. The molecule has 2 rings (SSSR count). The molecule has 3 heteroatoms. The highest BCUT2D eigenvalue weighted by Crippen LogP contribution is 2.43. The molecule has 3 N–H and O–H groups in total. The Morgan fingerprint density at radius 1 is 1.26 bits per heavy atom. The molecule has 3 nitrogen and oxygen atoms in total. The minimum absolute atomic E-state index is 0.0346. The molecule has 0 saturated heterocycles. The first-order valence-corrected chi connectivity index (χ1v) is 7.05. The van der Waals surface area contributed by atoms with Crippen molar-refractivity contribution in [1.29, 1.82) is 0 Å². The lowest BCUT2D eigenvalue weighted by atomic mass is 9.64. The molecule has 1 aromatic carbocycles. The van der Waals surface area contributed by atoms with Crippen LogP contribution in [0.2, 0.25) is 0 Å². The third-order valence-electron chi connectivity index (χ3n) is 3.75. The smallest absolute Gasteiger partial charge is 0.189 e. The van der Waals surface area contributed by atoms with Crippen molar-refractivity contribution in [2.45, 2.75) is 51.0 Å². The van der Waals surface area contributed by atoms with E-state index < -0.39 is 0 Å². The van der Waals surface area contributed by atoms with Crippen LogP contribution in [-0.4, -0.2) is 18.0 Å². The molecular weight excluding hydrogens is 234 g/mol. The van der Waals surface area contributed by atoms with Crippen molar-refractivity contribution >= 4 is 5.96 Å². The first kappa shape index (κ1) is 13.9. The topological polar surface area (TPSA) is 50.4 Å². The van der Waals surface area contributed by atoms with Crippen molar-refractivity contribution in [3.63, 3.8) is 0 Å². The number of nitrogens with one attached hydrogen (secondary N) is 1. The number of hydrogen-bond donors (Lipinski definition) is 2. The van der Waals surface area contributed by atoms with Crippen molar-refractivity contribution in [3.8, 4) is 0 Å². The molecule has 1 aliphatic carbocycles. The van der Waals surface area contributed by atoms with Crippen LogP contribution in [0, 0.1) is 0 Å². The van der Waals surface area contributed by atoms with E-state index in [2.05, 4.69) is 61.4 Å². The third kappa shape index (κ3) is 3.49. The summed E-state index contributed by atoms with van der Waals surface area (Å²) in [6.07, 6.45) is 3.71. The first-order valence-electron chi connectivity index (χ1n) is 7.05. The van der Waals surface area contributed by atoms with Crippen LogP contribution >= 0.6 is 0 Å². The largest absolute Gasteiger partial charge is 0.370 e. The minimum Gasteiger partial charge on any atom is -0.370 e. The number of nitrogens with zero attached hydrogens (tertiary/aromatic N) is 1. The molecule has 1 aliphatic rings. The van der Waals surface area contributed by atoms with Gasteiger partial charge in [-0.25, -0.2) is 0 Å². The van der Waals surface area contributed by atoms with Crippen LogP contribution in [-0.2, 0) is 5.41 Å². The Hall–Kier alpha value is -1.51. The number of aliphatic imine (C=N–C) groups is 1. The van der Waals surface area contributed by atoms with E-state index in [1.807, 2.05) is 0 Å². The van der Waals surface area contributed by atoms with Gasteiger partial charge in [-0.3, -0.25) is 4.99 Å². The number of nitrogens with two attached hydrogens (primary N) is 1. The van der Waals surface area contributed by atoms with Gasteiger partial charge in [0.1, 0.15) is 0 Å². The molecule has 0 bridgehead atoms. The van der Waals surface area contributed by atoms with Gasteiger partial charge in [0, 0.05) is 11.0 Å². The molecule has 1 aromatic rings. The maximum absolute atomic E-state index is 5.96. The standard InChI is InChI=1S/C16H25N3/c1-15(2,3)19-14(17)18-12-16(10-7-11-16)13-8-5-4-6-9-13/h4-6,8-9H,7,10-12H2,1-3H3,(H3,17,18,19). The number of benzene rings is 1. The highest BCUT2D eigenvalue weighted by Gasteiger charge is 2.38. The Morgan fingerprint density at radius 2 is 1.89 bits per heavy atom. The number of hydrogen-bond acceptors (Lipinski definition) is 1. The van der Waals surface area contributed by atoms with Crippen molar-refractivity contribution in [2.75, 3.05) is 6.54 Å². The van der Waals surface area contributed by atoms with Crippen molar-refractivity contribution < 1.29 is 0 Å². The fraction of sp³-hybridized carbons (Fsp3) is 0.562. The van der Waals surface area contributed by atoms with Gasteiger partial charge < -0.3 is 11.1 Å². The molecule has 0 spiro atoms. The molecule has 19 heavy (non-hydrogen) atoms. The molecule has 0 unspecified atom stereocenters. The summed E-state index contributed by atoms with van der Waals surface area (Å²) in [5.74, 6) is 0.551. The second-order valence-electron chi connectivity index (χ2n) is 6.58. The second kappa shape index (κ2) is 5.24. The third-order valence-corrected chi connectivity index (χ3v) is 3.75. The second-order valence-corrected chi connectivity index (χ2v) is 6.58. The summed E-state index contributed by atoms with van der Waals surface area (Å²) < 4.78 is 0. The fourth-order valence-electron chi connectivity index (χ4n) is 2.59. The molecule has 0 atom stereocenters. The molecule has 0 radical (unpaired) electrons. The highest BCUT2D eigenvalue weighted by atomic mass is 15.1. The Balaban J connectivity index is 2.06. The zero-order valence-electron chi connectivity index (χ0n) is 12.2. The summed E-state index contributed by atoms with van der Waals surface area (Å²) in [5.41, 5.74) is 7.54. The quantitative estimate of drug-likeness (QED) is 0.648. The molecule has 0 heterocycles. The summed E-state index contributed by atoms with van der Waals surface area (Å²) in [6.45, 7) is 7.05. The SMILES string of the molecule is CC(C)(C)NC(N)=NCC1(c2ccccc2)CCC1. The van der Waals surface area contributed by atoms with Gasteiger partial charge in [0.2, 0.25) is 0 Å². The molecule has 1 saturated carbocycles. The fourth-order valence-corrected chi connectivity index (χ4v) is 2.59. The van der Waals surface area contributed by atoms with Crippen LogP contribution in [0.3, 0.4) is 0 Å². The summed E-state index contributed by atoms with van der Waals surface area (Å²) in [4.78, 5) is 4.56. The molecule has 1 fully saturated rings. The van der Waals surface area contributed by atoms with Gasteiger partial charge in [0.15, 0.2) is 5.96 Å². The van der Waals surface area contributed by atoms with Crippen LogP contribution in [0.1, 0.15) is 45.6 Å². The van der Waals surface area contributed by atoms with E-state index in [1.165, 1.54) is 24.8 Å². The van der Waals surface area contributed by atoms with E-state index in [0.717, 1.165) is 6.54 Å². The van der Waals surface area contributed by atoms with Crippen molar-refractivity contribution in [1.82, 2.24) is 5.32 Å². The van der Waals surface area contributed by atoms with Crippen LogP contribution in [0.25, 0.3) is 0 Å². The molecule has 0 aromatic heterocycles. The van der Waals surface area contributed by atoms with Crippen LogP contribution in [0.4, 0.5) is 0 Å². The van der Waals surface area contributed by atoms with Crippen LogP contribution in [0.15, 0.2) is 35.3 Å². The van der Waals surface area contributed by atoms with E-state index >= 15 is 0 Å². The summed E-state index contributed by atoms with van der Waals surface area (Å²) in [5, 5.41) is 3.22. The zero-order valence-corrected chi connectivity index (χ0v) is 12.2. The molecular formula is C16H25N3. The Morgan fingerprint density at radius 3 is 2.37 bits per heavy atom. The Labute approximate surface area is 116 Å². The van der Waals surface area contributed by atoms with Crippen LogP contribution < -0.4 is 11.1 Å². The Bertz CT molecular complexity index is 439. The average Bonchev–Trinajstić information content (AvgIpc) is 2.26. The maximum Gasteiger partial charge on any atom is 0.189 e. The van der Waals surface area contributed by atoms with Gasteiger partial charge in [-0.15, -0.1) is 0 Å². The number of rotatable bonds is 3. The Kier molecular flexibility index (Phi) is 3.83. The van der Waals surface area contributed by atoms with E-state index in [0.29, 0.717) is 5.96 Å². The van der Waals surface area contributed by atoms with E-state index in [-0.39, 0.29) is 11.0 Å². The molecule has 0 aliphatic heterocycles. The van der Waals surface area contributed by atoms with Gasteiger partial charge in [-0.2, -0.15) is 0 Å². The molecule has 104 valence electrons. The van der Waals surface area contributed by atoms with Crippen LogP contribution in [0.5, 0.6) is 0 Å². The average molecular weight is 259 g/mol.